The second-order valence-electron chi connectivity index (χ2n) is 5.58. The quantitative estimate of drug-likeness (QED) is 0.628. The Hall–Kier alpha value is -0.160. The van der Waals surface area contributed by atoms with E-state index in [1.54, 1.807) is 0 Å². The molecule has 102 valence electrons. The molecule has 3 atom stereocenters. The molecule has 1 aliphatic heterocycles. The van der Waals surface area contributed by atoms with Crippen LogP contribution >= 0.6 is 0 Å². The third kappa shape index (κ3) is 4.92. The van der Waals surface area contributed by atoms with Crippen LogP contribution in [0.1, 0.15) is 20.3 Å². The molecule has 0 amide bonds. The fourth-order valence-corrected chi connectivity index (χ4v) is 2.68. The van der Waals surface area contributed by atoms with Crippen molar-refractivity contribution in [2.75, 3.05) is 46.8 Å². The Morgan fingerprint density at radius 2 is 2.12 bits per heavy atom. The molecule has 1 saturated heterocycles. The maximum absolute atomic E-state index is 9.93. The van der Waals surface area contributed by atoms with Crippen molar-refractivity contribution in [1.29, 1.82) is 0 Å². The first-order valence-corrected chi connectivity index (χ1v) is 6.82. The number of nitrogens with one attached hydrogen (secondary N) is 1. The van der Waals surface area contributed by atoms with Crippen LogP contribution < -0.4 is 5.32 Å². The predicted molar refractivity (Wildman–Crippen MR) is 72.2 cm³/mol. The zero-order chi connectivity index (χ0) is 12.8. The van der Waals surface area contributed by atoms with E-state index in [1.165, 1.54) is 0 Å². The summed E-state index contributed by atoms with van der Waals surface area (Å²) in [6.45, 7) is 9.13. The van der Waals surface area contributed by atoms with E-state index in [9.17, 15) is 5.11 Å². The molecule has 4 nitrogen and oxygen atoms in total. The highest BCUT2D eigenvalue weighted by Crippen LogP contribution is 2.19. The number of β-amino-alcohol motifs (C(OH)–C–C–N with tert-alkyl or cyclic N) is 1. The highest BCUT2D eigenvalue weighted by atomic mass is 16.3. The van der Waals surface area contributed by atoms with Crippen molar-refractivity contribution in [2.45, 2.75) is 32.4 Å². The van der Waals surface area contributed by atoms with Crippen LogP contribution in [0, 0.1) is 5.92 Å². The van der Waals surface area contributed by atoms with E-state index >= 15 is 0 Å². The van der Waals surface area contributed by atoms with Gasteiger partial charge in [0.05, 0.1) is 6.10 Å². The fourth-order valence-electron chi connectivity index (χ4n) is 2.68. The van der Waals surface area contributed by atoms with E-state index in [-0.39, 0.29) is 6.10 Å². The lowest BCUT2D eigenvalue weighted by Gasteiger charge is -2.23. The second-order valence-corrected chi connectivity index (χ2v) is 5.58. The molecule has 3 unspecified atom stereocenters. The van der Waals surface area contributed by atoms with Crippen molar-refractivity contribution < 1.29 is 5.11 Å². The fraction of sp³-hybridized carbons (Fsp3) is 1.00. The van der Waals surface area contributed by atoms with Crippen LogP contribution in [0.3, 0.4) is 0 Å². The molecule has 0 aromatic rings. The van der Waals surface area contributed by atoms with Crippen LogP contribution in [0.2, 0.25) is 0 Å². The van der Waals surface area contributed by atoms with Gasteiger partial charge < -0.3 is 15.3 Å². The molecule has 0 saturated carbocycles. The van der Waals surface area contributed by atoms with Gasteiger partial charge >= 0.3 is 0 Å². The van der Waals surface area contributed by atoms with Crippen LogP contribution in [0.15, 0.2) is 0 Å². The molecule has 1 rings (SSSR count). The third-order valence-corrected chi connectivity index (χ3v) is 3.59. The number of hydrogen-bond acceptors (Lipinski definition) is 4. The smallest absolute Gasteiger partial charge is 0.0791 e. The maximum Gasteiger partial charge on any atom is 0.0791 e. The van der Waals surface area contributed by atoms with Crippen LogP contribution in [0.4, 0.5) is 0 Å². The van der Waals surface area contributed by atoms with Crippen molar-refractivity contribution in [1.82, 2.24) is 15.1 Å². The maximum atomic E-state index is 9.93. The Labute approximate surface area is 106 Å². The molecule has 17 heavy (non-hydrogen) atoms. The lowest BCUT2D eigenvalue weighted by Crippen LogP contribution is -2.39. The standard InChI is InChI=1S/C13H29N3O/c1-5-6-14-7-12(17)9-16-8-11(2)13(10-16)15(3)4/h11-14,17H,5-10H2,1-4H3. The topological polar surface area (TPSA) is 38.7 Å². The molecule has 0 bridgehead atoms. The van der Waals surface area contributed by atoms with Gasteiger partial charge in [-0.15, -0.1) is 0 Å². The van der Waals surface area contributed by atoms with Crippen LogP contribution in [0.5, 0.6) is 0 Å². The lowest BCUT2D eigenvalue weighted by atomic mass is 10.1. The number of nitrogens with zero attached hydrogens (tertiary/aromatic N) is 2. The predicted octanol–water partition coefficient (Wildman–Crippen LogP) is 0.229. The summed E-state index contributed by atoms with van der Waals surface area (Å²) in [5.41, 5.74) is 0. The van der Waals surface area contributed by atoms with E-state index in [2.05, 4.69) is 43.1 Å². The van der Waals surface area contributed by atoms with Gasteiger partial charge in [-0.1, -0.05) is 13.8 Å². The highest BCUT2D eigenvalue weighted by molar-refractivity contribution is 4.87. The van der Waals surface area contributed by atoms with Gasteiger partial charge in [0, 0.05) is 32.2 Å². The number of aliphatic hydroxyl groups is 1. The van der Waals surface area contributed by atoms with Crippen molar-refractivity contribution in [3.63, 3.8) is 0 Å². The Morgan fingerprint density at radius 1 is 1.41 bits per heavy atom. The first-order valence-electron chi connectivity index (χ1n) is 6.82. The monoisotopic (exact) mass is 243 g/mol. The molecule has 0 aromatic carbocycles. The average molecular weight is 243 g/mol. The first-order chi connectivity index (χ1) is 8.04. The average Bonchev–Trinajstić information content (AvgIpc) is 2.60. The minimum atomic E-state index is -0.241. The Kier molecular flexibility index (Phi) is 6.41. The zero-order valence-corrected chi connectivity index (χ0v) is 11.8. The molecule has 0 aromatic heterocycles. The second kappa shape index (κ2) is 7.31. The van der Waals surface area contributed by atoms with Gasteiger partial charge in [0.2, 0.25) is 0 Å². The molecule has 1 aliphatic rings. The van der Waals surface area contributed by atoms with E-state index in [1.807, 2.05) is 0 Å². The van der Waals surface area contributed by atoms with Gasteiger partial charge in [0.25, 0.3) is 0 Å². The summed E-state index contributed by atoms with van der Waals surface area (Å²) in [6, 6.07) is 0.630. The lowest BCUT2D eigenvalue weighted by molar-refractivity contribution is 0.119. The van der Waals surface area contributed by atoms with Crippen LogP contribution in [0.25, 0.3) is 0 Å². The Morgan fingerprint density at radius 3 is 2.65 bits per heavy atom. The van der Waals surface area contributed by atoms with E-state index in [4.69, 9.17) is 0 Å². The number of aliphatic hydroxyl groups excluding tert-OH is 1. The van der Waals surface area contributed by atoms with Crippen molar-refractivity contribution in [3.05, 3.63) is 0 Å². The van der Waals surface area contributed by atoms with E-state index < -0.39 is 0 Å². The molecule has 1 heterocycles. The van der Waals surface area contributed by atoms with Gasteiger partial charge in [0.1, 0.15) is 0 Å². The third-order valence-electron chi connectivity index (χ3n) is 3.59. The van der Waals surface area contributed by atoms with Gasteiger partial charge in [-0.3, -0.25) is 4.90 Å². The number of likely N-dealkylation sites (tertiary alicyclic amines) is 1. The van der Waals surface area contributed by atoms with Crippen LogP contribution in [-0.2, 0) is 0 Å². The minimum Gasteiger partial charge on any atom is -0.390 e. The summed E-state index contributed by atoms with van der Waals surface area (Å²) in [5, 5.41) is 13.2. The van der Waals surface area contributed by atoms with Crippen molar-refractivity contribution in [2.24, 2.45) is 5.92 Å². The summed E-state index contributed by atoms with van der Waals surface area (Å²) in [4.78, 5) is 4.68. The SMILES string of the molecule is CCCNCC(O)CN1CC(C)C(N(C)C)C1. The largest absolute Gasteiger partial charge is 0.390 e. The zero-order valence-electron chi connectivity index (χ0n) is 11.8. The molecular weight excluding hydrogens is 214 g/mol. The summed E-state index contributed by atoms with van der Waals surface area (Å²) >= 11 is 0. The van der Waals surface area contributed by atoms with Crippen molar-refractivity contribution in [3.8, 4) is 0 Å². The van der Waals surface area contributed by atoms with Gasteiger partial charge in [-0.25, -0.2) is 0 Å². The van der Waals surface area contributed by atoms with E-state index in [0.717, 1.165) is 32.6 Å². The van der Waals surface area contributed by atoms with E-state index in [0.29, 0.717) is 18.5 Å². The van der Waals surface area contributed by atoms with Crippen molar-refractivity contribution >= 4 is 0 Å². The first kappa shape index (κ1) is 14.9. The normalized spacial score (nSPS) is 27.9. The van der Waals surface area contributed by atoms with Gasteiger partial charge in [0.15, 0.2) is 0 Å². The number of rotatable bonds is 7. The summed E-state index contributed by atoms with van der Waals surface area (Å²) in [6.07, 6.45) is 0.880. The Bertz CT molecular complexity index is 211. The highest BCUT2D eigenvalue weighted by Gasteiger charge is 2.31. The van der Waals surface area contributed by atoms with Gasteiger partial charge in [-0.2, -0.15) is 0 Å². The van der Waals surface area contributed by atoms with Crippen LogP contribution in [-0.4, -0.2) is 73.9 Å². The molecule has 0 aliphatic carbocycles. The summed E-state index contributed by atoms with van der Waals surface area (Å²) < 4.78 is 0. The molecule has 4 heteroatoms. The van der Waals surface area contributed by atoms with Gasteiger partial charge in [-0.05, 0) is 33.0 Å². The minimum absolute atomic E-state index is 0.241. The molecular formula is C13H29N3O. The number of hydrogen-bond donors (Lipinski definition) is 2. The number of likely N-dealkylation sites (N-methyl/N-ethyl adjacent to an activating group) is 1. The molecule has 0 spiro atoms. The molecule has 2 N–H and O–H groups in total. The summed E-state index contributed by atoms with van der Waals surface area (Å²) in [5.74, 6) is 0.695. The summed E-state index contributed by atoms with van der Waals surface area (Å²) in [7, 11) is 4.29. The Balaban J connectivity index is 2.24. The molecule has 0 radical (unpaired) electrons. The molecule has 1 fully saturated rings.